The van der Waals surface area contributed by atoms with E-state index in [9.17, 15) is 27.6 Å². The van der Waals surface area contributed by atoms with E-state index in [0.717, 1.165) is 48.8 Å². The molecule has 4 N–H and O–H groups in total. The van der Waals surface area contributed by atoms with E-state index in [2.05, 4.69) is 5.32 Å². The average molecular weight is 675 g/mol. The lowest BCUT2D eigenvalue weighted by atomic mass is 9.75. The summed E-state index contributed by atoms with van der Waals surface area (Å²) in [6, 6.07) is 18.5. The summed E-state index contributed by atoms with van der Waals surface area (Å²) >= 11 is 0. The predicted molar refractivity (Wildman–Crippen MR) is 174 cm³/mol. The van der Waals surface area contributed by atoms with E-state index in [-0.39, 0.29) is 18.4 Å². The van der Waals surface area contributed by atoms with Gasteiger partial charge in [0.15, 0.2) is 0 Å². The molecule has 0 radical (unpaired) electrons. The minimum absolute atomic E-state index is 0.000609. The van der Waals surface area contributed by atoms with Gasteiger partial charge in [0, 0.05) is 20.1 Å². The summed E-state index contributed by atoms with van der Waals surface area (Å²) in [7, 11) is 1.89. The molecule has 1 aliphatic carbocycles. The van der Waals surface area contributed by atoms with E-state index in [1.54, 1.807) is 18.7 Å². The Labute approximate surface area is 279 Å². The second-order valence-electron chi connectivity index (χ2n) is 12.6. The summed E-state index contributed by atoms with van der Waals surface area (Å²) in [5.41, 5.74) is 8.00. The van der Waals surface area contributed by atoms with Crippen LogP contribution in [-0.2, 0) is 30.5 Å². The molecule has 2 aliphatic rings. The Morgan fingerprint density at radius 3 is 2.06 bits per heavy atom. The summed E-state index contributed by atoms with van der Waals surface area (Å²) in [5, 5.41) is 9.97. The number of ether oxygens (including phenoxy) is 1. The fourth-order valence-electron chi connectivity index (χ4n) is 5.97. The van der Waals surface area contributed by atoms with Gasteiger partial charge in [-0.3, -0.25) is 14.4 Å². The van der Waals surface area contributed by atoms with Crippen molar-refractivity contribution in [3.8, 4) is 0 Å². The highest BCUT2D eigenvalue weighted by Crippen LogP contribution is 2.48. The van der Waals surface area contributed by atoms with Crippen molar-refractivity contribution in [2.75, 3.05) is 26.7 Å². The number of aliphatic carboxylic acids is 1. The van der Waals surface area contributed by atoms with Gasteiger partial charge in [-0.05, 0) is 50.3 Å². The van der Waals surface area contributed by atoms with Gasteiger partial charge in [0.25, 0.3) is 5.91 Å². The second kappa shape index (κ2) is 16.2. The van der Waals surface area contributed by atoms with Crippen LogP contribution in [0.2, 0.25) is 0 Å². The van der Waals surface area contributed by atoms with Crippen LogP contribution in [0.15, 0.2) is 66.2 Å². The van der Waals surface area contributed by atoms with Crippen LogP contribution >= 0.6 is 0 Å². The number of carboxylic acid groups (broad SMARTS) is 1. The van der Waals surface area contributed by atoms with Crippen LogP contribution < -0.4 is 11.1 Å². The van der Waals surface area contributed by atoms with Gasteiger partial charge in [0.05, 0.1) is 29.9 Å². The number of carboxylic acids is 1. The molecule has 0 saturated heterocycles. The van der Waals surface area contributed by atoms with Crippen molar-refractivity contribution < 1.29 is 42.2 Å². The first kappa shape index (κ1) is 38.2. The monoisotopic (exact) mass is 674 g/mol. The Balaban J connectivity index is 0.000000804. The number of nitrogens with one attached hydrogen (secondary N) is 1. The lowest BCUT2D eigenvalue weighted by Crippen LogP contribution is -2.58. The fraction of sp³-hybridized carbons (Fsp3) is 0.486. The SMILES string of the molecule is CCN(CC1=C(c2ccccc2)C(=O)N(C)C12CCCCC2)C(=O)[C@@H](COCc1ccccc1)NC(=O)C(C)(C)N.O=C(O)C(F)(F)F. The van der Waals surface area contributed by atoms with Crippen LogP contribution in [0.5, 0.6) is 0 Å². The molecule has 0 aromatic heterocycles. The van der Waals surface area contributed by atoms with Gasteiger partial charge in [-0.25, -0.2) is 4.79 Å². The standard InChI is InChI=1S/C33H44N4O4.C2HF3O2/c1-5-37(29(38)27(35-31(40)32(2,3)34)23-41-22-24-15-9-6-10-16-24)21-26-28(25-17-11-7-12-18-25)30(39)36(4)33(26)19-13-8-14-20-33;3-2(4,5)1(6)7/h6-7,9-12,15-18,27H,5,8,13-14,19-23,34H2,1-4H3,(H,35,40);(H,6,7)/t27-;/m1./s1. The largest absolute Gasteiger partial charge is 0.490 e. The number of carbonyl (C=O) groups excluding carboxylic acids is 3. The van der Waals surface area contributed by atoms with E-state index in [0.29, 0.717) is 25.3 Å². The van der Waals surface area contributed by atoms with Crippen molar-refractivity contribution in [3.05, 3.63) is 77.4 Å². The Kier molecular flexibility index (Phi) is 12.9. The maximum atomic E-state index is 14.1. The number of alkyl halides is 3. The number of amides is 3. The first-order valence-electron chi connectivity index (χ1n) is 15.9. The molecule has 48 heavy (non-hydrogen) atoms. The lowest BCUT2D eigenvalue weighted by Gasteiger charge is -2.43. The van der Waals surface area contributed by atoms with E-state index >= 15 is 0 Å². The molecule has 13 heteroatoms. The molecular weight excluding hydrogens is 629 g/mol. The van der Waals surface area contributed by atoms with Crippen LogP contribution in [0.1, 0.15) is 64.0 Å². The third kappa shape index (κ3) is 9.44. The number of rotatable bonds is 11. The maximum Gasteiger partial charge on any atom is 0.490 e. The topological polar surface area (TPSA) is 142 Å². The van der Waals surface area contributed by atoms with Crippen molar-refractivity contribution in [2.24, 2.45) is 5.73 Å². The predicted octanol–water partition coefficient (Wildman–Crippen LogP) is 4.54. The number of hydrogen-bond acceptors (Lipinski definition) is 6. The first-order valence-corrected chi connectivity index (χ1v) is 15.9. The molecule has 0 bridgehead atoms. The van der Waals surface area contributed by atoms with Gasteiger partial charge in [-0.1, -0.05) is 79.9 Å². The van der Waals surface area contributed by atoms with Gasteiger partial charge in [0.1, 0.15) is 6.04 Å². The number of hydrogen-bond donors (Lipinski definition) is 3. The highest BCUT2D eigenvalue weighted by Gasteiger charge is 2.50. The van der Waals surface area contributed by atoms with Crippen LogP contribution in [-0.4, -0.2) is 88.6 Å². The van der Waals surface area contributed by atoms with Crippen molar-refractivity contribution >= 4 is 29.3 Å². The molecule has 1 spiro atoms. The molecule has 1 heterocycles. The number of nitrogens with two attached hydrogens (primary N) is 1. The summed E-state index contributed by atoms with van der Waals surface area (Å²) in [6.07, 6.45) is -0.152. The molecule has 4 rings (SSSR count). The highest BCUT2D eigenvalue weighted by atomic mass is 19.4. The van der Waals surface area contributed by atoms with E-state index in [1.165, 1.54) is 0 Å². The van der Waals surface area contributed by atoms with Crippen molar-refractivity contribution in [1.82, 2.24) is 15.1 Å². The zero-order valence-corrected chi connectivity index (χ0v) is 27.8. The molecule has 1 fully saturated rings. The number of likely N-dealkylation sites (N-methyl/N-ethyl adjacent to an activating group) is 2. The molecule has 1 atom stereocenters. The van der Waals surface area contributed by atoms with Gasteiger partial charge in [-0.2, -0.15) is 13.2 Å². The molecule has 1 saturated carbocycles. The van der Waals surface area contributed by atoms with Gasteiger partial charge < -0.3 is 30.7 Å². The van der Waals surface area contributed by atoms with Crippen LogP contribution in [0, 0.1) is 0 Å². The van der Waals surface area contributed by atoms with E-state index in [4.69, 9.17) is 20.4 Å². The van der Waals surface area contributed by atoms with Crippen molar-refractivity contribution in [3.63, 3.8) is 0 Å². The lowest BCUT2D eigenvalue weighted by molar-refractivity contribution is -0.192. The Bertz CT molecular complexity index is 1450. The van der Waals surface area contributed by atoms with Crippen LogP contribution in [0.4, 0.5) is 13.2 Å². The second-order valence-corrected chi connectivity index (χ2v) is 12.6. The third-order valence-electron chi connectivity index (χ3n) is 8.64. The number of nitrogens with zero attached hydrogens (tertiary/aromatic N) is 2. The zero-order chi connectivity index (χ0) is 35.7. The number of halogens is 3. The molecular formula is C35H45F3N4O6. The highest BCUT2D eigenvalue weighted by molar-refractivity contribution is 6.23. The molecule has 2 aromatic carbocycles. The maximum absolute atomic E-state index is 14.1. The molecule has 0 unspecified atom stereocenters. The Morgan fingerprint density at radius 1 is 1.02 bits per heavy atom. The summed E-state index contributed by atoms with van der Waals surface area (Å²) < 4.78 is 37.7. The van der Waals surface area contributed by atoms with Gasteiger partial charge in [-0.15, -0.1) is 0 Å². The zero-order valence-electron chi connectivity index (χ0n) is 27.8. The minimum atomic E-state index is -5.08. The van der Waals surface area contributed by atoms with Crippen molar-refractivity contribution in [1.29, 1.82) is 0 Å². The number of carbonyl (C=O) groups is 4. The van der Waals surface area contributed by atoms with E-state index < -0.39 is 35.2 Å². The van der Waals surface area contributed by atoms with E-state index in [1.807, 2.05) is 79.5 Å². The summed E-state index contributed by atoms with van der Waals surface area (Å²) in [6.45, 7) is 6.16. The molecule has 262 valence electrons. The summed E-state index contributed by atoms with van der Waals surface area (Å²) in [5.74, 6) is -3.45. The Morgan fingerprint density at radius 2 is 1.56 bits per heavy atom. The average Bonchev–Trinajstić information content (AvgIpc) is 3.24. The fourth-order valence-corrected chi connectivity index (χ4v) is 5.97. The van der Waals surface area contributed by atoms with Crippen LogP contribution in [0.3, 0.4) is 0 Å². The Hall–Kier alpha value is -4.23. The minimum Gasteiger partial charge on any atom is -0.475 e. The molecule has 1 aliphatic heterocycles. The smallest absolute Gasteiger partial charge is 0.475 e. The first-order chi connectivity index (χ1) is 22.5. The van der Waals surface area contributed by atoms with Gasteiger partial charge >= 0.3 is 12.1 Å². The van der Waals surface area contributed by atoms with Crippen molar-refractivity contribution in [2.45, 2.75) is 82.8 Å². The number of benzene rings is 2. The van der Waals surface area contributed by atoms with Gasteiger partial charge in [0.2, 0.25) is 11.8 Å². The quantitative estimate of drug-likeness (QED) is 0.318. The summed E-state index contributed by atoms with van der Waals surface area (Å²) in [4.78, 5) is 53.3. The molecule has 10 nitrogen and oxygen atoms in total. The third-order valence-corrected chi connectivity index (χ3v) is 8.64. The van der Waals surface area contributed by atoms with Crippen LogP contribution in [0.25, 0.3) is 5.57 Å². The molecule has 2 aromatic rings. The normalized spacial score (nSPS) is 16.7. The molecule has 3 amide bonds.